The average molecular weight is 374 g/mol. The van der Waals surface area contributed by atoms with Crippen molar-refractivity contribution in [1.29, 1.82) is 0 Å². The maximum absolute atomic E-state index is 13.9. The summed E-state index contributed by atoms with van der Waals surface area (Å²) >= 11 is 5.21. The van der Waals surface area contributed by atoms with E-state index in [-0.39, 0.29) is 11.9 Å². The summed E-state index contributed by atoms with van der Waals surface area (Å²) in [5.41, 5.74) is 1.29. The Morgan fingerprint density at radius 1 is 1.48 bits per heavy atom. The summed E-state index contributed by atoms with van der Waals surface area (Å²) in [5, 5.41) is 14.5. The van der Waals surface area contributed by atoms with Gasteiger partial charge in [-0.25, -0.2) is 4.39 Å². The first-order chi connectivity index (χ1) is 10.0. The number of aliphatic hydroxyl groups is 1. The van der Waals surface area contributed by atoms with Crippen molar-refractivity contribution in [1.82, 2.24) is 5.32 Å². The third-order valence-corrected chi connectivity index (χ3v) is 6.58. The summed E-state index contributed by atoms with van der Waals surface area (Å²) in [6.45, 7) is 2.73. The van der Waals surface area contributed by atoms with Crippen LogP contribution >= 0.6 is 27.7 Å². The fourth-order valence-electron chi connectivity index (χ4n) is 3.39. The first kappa shape index (κ1) is 15.8. The molecule has 3 unspecified atom stereocenters. The first-order valence-corrected chi connectivity index (χ1v) is 9.43. The van der Waals surface area contributed by atoms with Gasteiger partial charge < -0.3 is 10.4 Å². The molecule has 116 valence electrons. The third kappa shape index (κ3) is 3.03. The minimum Gasteiger partial charge on any atom is -0.387 e. The topological polar surface area (TPSA) is 32.3 Å². The summed E-state index contributed by atoms with van der Waals surface area (Å²) in [7, 11) is 0. The second-order valence-corrected chi connectivity index (χ2v) is 8.41. The van der Waals surface area contributed by atoms with Crippen LogP contribution in [0.5, 0.6) is 0 Å². The van der Waals surface area contributed by atoms with Gasteiger partial charge in [0.2, 0.25) is 0 Å². The molecule has 5 heteroatoms. The average Bonchev–Trinajstić information content (AvgIpc) is 2.84. The number of halogens is 2. The number of hydrogen-bond acceptors (Lipinski definition) is 3. The summed E-state index contributed by atoms with van der Waals surface area (Å²) in [4.78, 5) is 0. The molecule has 2 aliphatic rings. The van der Waals surface area contributed by atoms with Gasteiger partial charge in [-0.3, -0.25) is 0 Å². The molecule has 1 aromatic carbocycles. The van der Waals surface area contributed by atoms with Crippen LogP contribution < -0.4 is 5.32 Å². The molecule has 0 heterocycles. The standard InChI is InChI=1S/C16H21BrFNOS/c1-2-21-15-5-6-16(15,20)9-19-14-4-3-11-12(14)7-10(17)8-13(11)18/h7-8,14-15,19-20H,2-6,9H2,1H3. The first-order valence-electron chi connectivity index (χ1n) is 7.58. The SMILES string of the molecule is CCSC1CCC1(O)CNC1CCc2c(F)cc(Br)cc21. The minimum atomic E-state index is -0.589. The van der Waals surface area contributed by atoms with E-state index >= 15 is 0 Å². The molecular weight excluding hydrogens is 353 g/mol. The fraction of sp³-hybridized carbons (Fsp3) is 0.625. The summed E-state index contributed by atoms with van der Waals surface area (Å²) < 4.78 is 14.7. The molecule has 1 saturated carbocycles. The predicted molar refractivity (Wildman–Crippen MR) is 89.3 cm³/mol. The molecule has 2 nitrogen and oxygen atoms in total. The van der Waals surface area contributed by atoms with Crippen LogP contribution in [-0.4, -0.2) is 28.3 Å². The maximum atomic E-state index is 13.9. The quantitative estimate of drug-likeness (QED) is 0.822. The molecule has 0 aliphatic heterocycles. The van der Waals surface area contributed by atoms with E-state index in [4.69, 9.17) is 0 Å². The van der Waals surface area contributed by atoms with E-state index in [9.17, 15) is 9.50 Å². The van der Waals surface area contributed by atoms with Gasteiger partial charge in [-0.15, -0.1) is 0 Å². The number of benzene rings is 1. The maximum Gasteiger partial charge on any atom is 0.127 e. The number of hydrogen-bond donors (Lipinski definition) is 2. The molecule has 21 heavy (non-hydrogen) atoms. The van der Waals surface area contributed by atoms with Crippen LogP contribution in [-0.2, 0) is 6.42 Å². The van der Waals surface area contributed by atoms with Gasteiger partial charge in [0, 0.05) is 22.3 Å². The van der Waals surface area contributed by atoms with Crippen LogP contribution in [0.25, 0.3) is 0 Å². The van der Waals surface area contributed by atoms with E-state index in [0.717, 1.165) is 47.0 Å². The minimum absolute atomic E-state index is 0.120. The van der Waals surface area contributed by atoms with Gasteiger partial charge in [-0.05, 0) is 54.7 Å². The zero-order valence-electron chi connectivity index (χ0n) is 12.2. The Kier molecular flexibility index (Phi) is 4.65. The van der Waals surface area contributed by atoms with E-state index in [0.29, 0.717) is 11.8 Å². The number of fused-ring (bicyclic) bond motifs is 1. The molecule has 1 fully saturated rings. The van der Waals surface area contributed by atoms with Crippen LogP contribution in [0.15, 0.2) is 16.6 Å². The van der Waals surface area contributed by atoms with Crippen molar-refractivity contribution in [3.63, 3.8) is 0 Å². The zero-order chi connectivity index (χ0) is 15.0. The molecule has 0 saturated heterocycles. The Morgan fingerprint density at radius 2 is 2.29 bits per heavy atom. The van der Waals surface area contributed by atoms with E-state index in [2.05, 4.69) is 28.2 Å². The van der Waals surface area contributed by atoms with Gasteiger partial charge in [0.1, 0.15) is 5.82 Å². The highest BCUT2D eigenvalue weighted by Crippen LogP contribution is 2.42. The number of thioether (sulfide) groups is 1. The van der Waals surface area contributed by atoms with Crippen molar-refractivity contribution in [3.05, 3.63) is 33.5 Å². The highest BCUT2D eigenvalue weighted by molar-refractivity contribution is 9.10. The molecule has 3 rings (SSSR count). The summed E-state index contributed by atoms with van der Waals surface area (Å²) in [5.74, 6) is 0.919. The Morgan fingerprint density at radius 3 is 2.95 bits per heavy atom. The van der Waals surface area contributed by atoms with Crippen LogP contribution in [0.1, 0.15) is 43.4 Å². The fourth-order valence-corrected chi connectivity index (χ4v) is 5.04. The van der Waals surface area contributed by atoms with Crippen LogP contribution in [0, 0.1) is 5.82 Å². The normalized spacial score (nSPS) is 31.0. The van der Waals surface area contributed by atoms with Crippen molar-refractivity contribution in [3.8, 4) is 0 Å². The van der Waals surface area contributed by atoms with Gasteiger partial charge in [-0.2, -0.15) is 11.8 Å². The lowest BCUT2D eigenvalue weighted by Crippen LogP contribution is -2.56. The lowest BCUT2D eigenvalue weighted by molar-refractivity contribution is -0.0253. The van der Waals surface area contributed by atoms with E-state index < -0.39 is 5.60 Å². The van der Waals surface area contributed by atoms with Crippen LogP contribution in [0.4, 0.5) is 4.39 Å². The van der Waals surface area contributed by atoms with Gasteiger partial charge in [0.05, 0.1) is 5.60 Å². The number of nitrogens with one attached hydrogen (secondary N) is 1. The van der Waals surface area contributed by atoms with Crippen molar-refractivity contribution in [2.45, 2.75) is 49.5 Å². The molecular formula is C16H21BrFNOS. The van der Waals surface area contributed by atoms with E-state index in [1.807, 2.05) is 17.8 Å². The molecule has 2 N–H and O–H groups in total. The molecule has 1 aromatic rings. The van der Waals surface area contributed by atoms with Crippen molar-refractivity contribution >= 4 is 27.7 Å². The Bertz CT molecular complexity index is 541. The molecule has 0 radical (unpaired) electrons. The monoisotopic (exact) mass is 373 g/mol. The number of rotatable bonds is 5. The Hall–Kier alpha value is -0.100. The van der Waals surface area contributed by atoms with Gasteiger partial charge >= 0.3 is 0 Å². The lowest BCUT2D eigenvalue weighted by atomic mass is 9.79. The van der Waals surface area contributed by atoms with E-state index in [1.165, 1.54) is 6.07 Å². The summed E-state index contributed by atoms with van der Waals surface area (Å²) in [6, 6.07) is 3.70. The third-order valence-electron chi connectivity index (χ3n) is 4.71. The van der Waals surface area contributed by atoms with Gasteiger partial charge in [-0.1, -0.05) is 22.9 Å². The molecule has 0 spiro atoms. The zero-order valence-corrected chi connectivity index (χ0v) is 14.6. The largest absolute Gasteiger partial charge is 0.387 e. The highest BCUT2D eigenvalue weighted by Gasteiger charge is 2.45. The van der Waals surface area contributed by atoms with Crippen LogP contribution in [0.2, 0.25) is 0 Å². The Balaban J connectivity index is 1.66. The van der Waals surface area contributed by atoms with Crippen molar-refractivity contribution in [2.75, 3.05) is 12.3 Å². The Labute approximate surface area is 138 Å². The predicted octanol–water partition coefficient (Wildman–Crippen LogP) is 3.81. The molecule has 2 aliphatic carbocycles. The smallest absolute Gasteiger partial charge is 0.127 e. The van der Waals surface area contributed by atoms with Crippen LogP contribution in [0.3, 0.4) is 0 Å². The van der Waals surface area contributed by atoms with Gasteiger partial charge in [0.15, 0.2) is 0 Å². The van der Waals surface area contributed by atoms with Crippen molar-refractivity contribution in [2.24, 2.45) is 0 Å². The second kappa shape index (κ2) is 6.19. The van der Waals surface area contributed by atoms with E-state index in [1.54, 1.807) is 0 Å². The molecule has 0 amide bonds. The second-order valence-electron chi connectivity index (χ2n) is 6.01. The summed E-state index contributed by atoms with van der Waals surface area (Å²) in [6.07, 6.45) is 3.64. The molecule has 0 aromatic heterocycles. The van der Waals surface area contributed by atoms with Gasteiger partial charge in [0.25, 0.3) is 0 Å². The molecule has 0 bridgehead atoms. The highest BCUT2D eigenvalue weighted by atomic mass is 79.9. The van der Waals surface area contributed by atoms with Crippen molar-refractivity contribution < 1.29 is 9.50 Å². The molecule has 3 atom stereocenters. The lowest BCUT2D eigenvalue weighted by Gasteiger charge is -2.45.